The molecule has 4 N–H and O–H groups in total. The molecule has 1 heterocycles. The summed E-state index contributed by atoms with van der Waals surface area (Å²) >= 11 is 0. The number of aliphatic hydroxyl groups is 1. The second-order valence-corrected chi connectivity index (χ2v) is 7.17. The average Bonchev–Trinajstić information content (AvgIpc) is 2.60. The molecule has 0 unspecified atom stereocenters. The van der Waals surface area contributed by atoms with Crippen LogP contribution >= 0.6 is 7.60 Å². The summed E-state index contributed by atoms with van der Waals surface area (Å²) in [6, 6.07) is 4.89. The van der Waals surface area contributed by atoms with Gasteiger partial charge in [0.05, 0.1) is 18.2 Å². The molecule has 1 atom stereocenters. The van der Waals surface area contributed by atoms with Crippen LogP contribution in [0.3, 0.4) is 0 Å². The lowest BCUT2D eigenvalue weighted by Crippen LogP contribution is -2.26. The Morgan fingerprint density at radius 1 is 1.21 bits per heavy atom. The maximum absolute atomic E-state index is 12.6. The molecule has 1 aromatic carbocycles. The van der Waals surface area contributed by atoms with Crippen molar-refractivity contribution in [3.63, 3.8) is 0 Å². The van der Waals surface area contributed by atoms with Crippen LogP contribution in [-0.2, 0) is 15.5 Å². The highest BCUT2D eigenvalue weighted by molar-refractivity contribution is 7.51. The van der Waals surface area contributed by atoms with Crippen molar-refractivity contribution in [1.29, 1.82) is 0 Å². The lowest BCUT2D eigenvalue weighted by atomic mass is 10.1. The maximum Gasteiger partial charge on any atom is 0.416 e. The lowest BCUT2D eigenvalue weighted by Gasteiger charge is -2.16. The average molecular weight is 424 g/mol. The van der Waals surface area contributed by atoms with Crippen LogP contribution in [0.15, 0.2) is 35.1 Å². The van der Waals surface area contributed by atoms with Gasteiger partial charge in [0.1, 0.15) is 24.9 Å². The van der Waals surface area contributed by atoms with Crippen molar-refractivity contribution >= 4 is 7.60 Å². The number of aromatic nitrogens is 2. The van der Waals surface area contributed by atoms with E-state index < -0.39 is 44.0 Å². The van der Waals surface area contributed by atoms with Crippen LogP contribution in [0.2, 0.25) is 0 Å². The number of hydrogen-bond donors (Lipinski definition) is 4. The highest BCUT2D eigenvalue weighted by Gasteiger charge is 2.30. The fraction of sp³-hybridized carbons (Fsp3) is 0.333. The number of aromatic amines is 1. The zero-order valence-electron chi connectivity index (χ0n) is 14.1. The van der Waals surface area contributed by atoms with Gasteiger partial charge in [-0.1, -0.05) is 12.1 Å². The lowest BCUT2D eigenvalue weighted by molar-refractivity contribution is -0.137. The smallest absolute Gasteiger partial charge is 0.416 e. The summed E-state index contributed by atoms with van der Waals surface area (Å²) < 4.78 is 58.6. The van der Waals surface area contributed by atoms with Crippen LogP contribution in [0.4, 0.5) is 13.2 Å². The minimum Gasteiger partial charge on any atom is -0.475 e. The van der Waals surface area contributed by atoms with Gasteiger partial charge in [0.2, 0.25) is 5.88 Å². The molecule has 0 aliphatic heterocycles. The molecule has 0 saturated carbocycles. The Balaban J connectivity index is 2.12. The number of benzene rings is 1. The van der Waals surface area contributed by atoms with E-state index in [2.05, 4.69) is 9.97 Å². The van der Waals surface area contributed by atoms with E-state index >= 15 is 0 Å². The third-order valence-corrected chi connectivity index (χ3v) is 3.79. The van der Waals surface area contributed by atoms with Gasteiger partial charge in [-0.3, -0.25) is 9.36 Å². The number of H-pyrrole nitrogens is 1. The van der Waals surface area contributed by atoms with E-state index in [0.717, 1.165) is 30.3 Å². The molecule has 1 aromatic heterocycles. The second kappa shape index (κ2) is 8.84. The van der Waals surface area contributed by atoms with E-state index in [4.69, 9.17) is 24.4 Å². The number of rotatable bonds is 8. The molecular formula is C15H16F3N2O7P. The van der Waals surface area contributed by atoms with Crippen LogP contribution in [-0.4, -0.2) is 50.5 Å². The minimum absolute atomic E-state index is 0.0482. The Morgan fingerprint density at radius 2 is 1.86 bits per heavy atom. The van der Waals surface area contributed by atoms with Gasteiger partial charge in [0, 0.05) is 5.56 Å². The van der Waals surface area contributed by atoms with Gasteiger partial charge in [0.25, 0.3) is 5.56 Å². The predicted octanol–water partition coefficient (Wildman–Crippen LogP) is 1.35. The van der Waals surface area contributed by atoms with Gasteiger partial charge < -0.3 is 29.4 Å². The number of nitrogens with zero attached hydrogens (tertiary/aromatic N) is 1. The molecule has 2 aromatic rings. The molecule has 0 saturated heterocycles. The Morgan fingerprint density at radius 3 is 2.39 bits per heavy atom. The van der Waals surface area contributed by atoms with Crippen molar-refractivity contribution in [2.45, 2.75) is 12.3 Å². The summed E-state index contributed by atoms with van der Waals surface area (Å²) in [5.74, 6) is -0.259. The topological polar surface area (TPSA) is 142 Å². The van der Waals surface area contributed by atoms with Crippen LogP contribution in [0.5, 0.6) is 5.88 Å². The monoisotopic (exact) mass is 424 g/mol. The molecule has 0 spiro atoms. The van der Waals surface area contributed by atoms with E-state index in [-0.39, 0.29) is 23.9 Å². The van der Waals surface area contributed by atoms with Gasteiger partial charge in [-0.15, -0.1) is 0 Å². The molecule has 0 fully saturated rings. The van der Waals surface area contributed by atoms with Crippen molar-refractivity contribution < 1.29 is 42.1 Å². The van der Waals surface area contributed by atoms with Gasteiger partial charge in [-0.05, 0) is 12.1 Å². The minimum atomic E-state index is -4.50. The number of nitrogens with one attached hydrogen (secondary N) is 1. The summed E-state index contributed by atoms with van der Waals surface area (Å²) in [5, 5.41) is 9.14. The van der Waals surface area contributed by atoms with E-state index in [1.807, 2.05) is 0 Å². The summed E-state index contributed by atoms with van der Waals surface area (Å²) in [6.45, 7) is -0.992. The quantitative estimate of drug-likeness (QED) is 0.465. The Bertz CT molecular complexity index is 896. The molecule has 28 heavy (non-hydrogen) atoms. The Kier molecular flexibility index (Phi) is 6.96. The summed E-state index contributed by atoms with van der Waals surface area (Å²) in [7, 11) is -4.44. The molecule has 154 valence electrons. The SMILES string of the molecule is O=c1cc(OC[C@@H](CO)OCP(=O)(O)O)nc(-c2ccc(C(F)(F)F)cc2)[nH]1. The zero-order valence-corrected chi connectivity index (χ0v) is 15.0. The summed E-state index contributed by atoms with van der Waals surface area (Å²) in [4.78, 5) is 35.6. The largest absolute Gasteiger partial charge is 0.475 e. The molecular weight excluding hydrogens is 408 g/mol. The fourth-order valence-corrected chi connectivity index (χ4v) is 2.40. The summed E-state index contributed by atoms with van der Waals surface area (Å²) in [6.07, 6.45) is -6.53. The molecule has 2 rings (SSSR count). The molecule has 0 bridgehead atoms. The summed E-state index contributed by atoms with van der Waals surface area (Å²) in [5.41, 5.74) is -1.30. The van der Waals surface area contributed by atoms with Crippen molar-refractivity contribution in [2.75, 3.05) is 19.6 Å². The third kappa shape index (κ3) is 6.73. The molecule has 9 nitrogen and oxygen atoms in total. The first-order valence-corrected chi connectivity index (χ1v) is 9.46. The Hall–Kier alpha value is -2.24. The maximum atomic E-state index is 12.6. The zero-order chi connectivity index (χ0) is 20.9. The van der Waals surface area contributed by atoms with Crippen molar-refractivity contribution in [3.8, 4) is 17.3 Å². The van der Waals surface area contributed by atoms with Crippen molar-refractivity contribution in [2.24, 2.45) is 0 Å². The highest BCUT2D eigenvalue weighted by Crippen LogP contribution is 2.34. The molecule has 0 amide bonds. The molecule has 0 radical (unpaired) electrons. The standard InChI is InChI=1S/C15H16F3N2O7P/c16-15(17,18)10-3-1-9(2-4-10)14-19-12(22)5-13(20-14)26-7-11(6-21)27-8-28(23,24)25/h1-5,11,21H,6-8H2,(H,19,20,22)(H2,23,24,25)/t11-/m1/s1. The van der Waals surface area contributed by atoms with Crippen LogP contribution < -0.4 is 10.3 Å². The first-order chi connectivity index (χ1) is 13.0. The predicted molar refractivity (Wildman–Crippen MR) is 89.7 cm³/mol. The number of ether oxygens (including phenoxy) is 2. The van der Waals surface area contributed by atoms with Crippen LogP contribution in [0.1, 0.15) is 5.56 Å². The van der Waals surface area contributed by atoms with Gasteiger partial charge >= 0.3 is 13.8 Å². The van der Waals surface area contributed by atoms with Crippen molar-refractivity contribution in [1.82, 2.24) is 9.97 Å². The van der Waals surface area contributed by atoms with Crippen molar-refractivity contribution in [3.05, 3.63) is 46.2 Å². The Labute approximate surface area is 155 Å². The van der Waals surface area contributed by atoms with E-state index in [9.17, 15) is 22.5 Å². The fourth-order valence-electron chi connectivity index (χ4n) is 2.00. The van der Waals surface area contributed by atoms with E-state index in [1.54, 1.807) is 0 Å². The van der Waals surface area contributed by atoms with Gasteiger partial charge in [-0.25, -0.2) is 0 Å². The van der Waals surface area contributed by atoms with Gasteiger partial charge in [-0.2, -0.15) is 18.2 Å². The number of hydrogen-bond acceptors (Lipinski definition) is 6. The third-order valence-electron chi connectivity index (χ3n) is 3.30. The van der Waals surface area contributed by atoms with Gasteiger partial charge in [0.15, 0.2) is 0 Å². The van der Waals surface area contributed by atoms with E-state index in [1.165, 1.54) is 0 Å². The first-order valence-electron chi connectivity index (χ1n) is 7.67. The van der Waals surface area contributed by atoms with Crippen LogP contribution in [0, 0.1) is 0 Å². The molecule has 0 aliphatic carbocycles. The number of halogens is 3. The second-order valence-electron chi connectivity index (χ2n) is 5.58. The molecule has 0 aliphatic rings. The highest BCUT2D eigenvalue weighted by atomic mass is 31.2. The number of alkyl halides is 3. The van der Waals surface area contributed by atoms with E-state index in [0.29, 0.717) is 0 Å². The van der Waals surface area contributed by atoms with Crippen LogP contribution in [0.25, 0.3) is 11.4 Å². The normalized spacial score (nSPS) is 13.4. The first kappa shape index (κ1) is 22.1. The number of aliphatic hydroxyl groups excluding tert-OH is 1. The molecule has 13 heteroatoms.